The molecular formula is C45H50N6O4. The lowest BCUT2D eigenvalue weighted by Gasteiger charge is -2.38. The summed E-state index contributed by atoms with van der Waals surface area (Å²) in [5, 5.41) is 0. The molecule has 0 radical (unpaired) electrons. The van der Waals surface area contributed by atoms with Crippen LogP contribution in [0.3, 0.4) is 0 Å². The molecule has 0 bridgehead atoms. The maximum atomic E-state index is 14.0. The summed E-state index contributed by atoms with van der Waals surface area (Å²) >= 11 is 0. The van der Waals surface area contributed by atoms with Crippen LogP contribution in [0.15, 0.2) is 109 Å². The smallest absolute Gasteiger partial charge is 0.410 e. The number of carbonyl (C=O) groups is 2. The first-order valence-corrected chi connectivity index (χ1v) is 19.6. The minimum absolute atomic E-state index is 0.144. The van der Waals surface area contributed by atoms with Gasteiger partial charge in [-0.25, -0.2) is 14.8 Å². The summed E-state index contributed by atoms with van der Waals surface area (Å²) in [5.41, 5.74) is 5.65. The third-order valence-corrected chi connectivity index (χ3v) is 11.0. The standard InChI is InChI=1S/C45H50N6O4/c1-45(2,3)55-44(53)49-28-22-33(23-29-49)40(51-39-21-13-11-19-37(39)46-41(51)34-16-8-5-9-17-34)31-54-42(52)35-24-26-48(27-25-35)43-47-36-18-10-12-20-38(36)50(43)30-32-14-6-4-7-15-32/h4-21,33,35,40H,22-31H2,1-3H3. The number of para-hydroxylation sites is 4. The van der Waals surface area contributed by atoms with E-state index in [0.717, 1.165) is 71.9 Å². The van der Waals surface area contributed by atoms with Crippen molar-refractivity contribution in [3.63, 3.8) is 0 Å². The van der Waals surface area contributed by atoms with Crippen molar-refractivity contribution in [2.45, 2.75) is 64.6 Å². The van der Waals surface area contributed by atoms with Crippen molar-refractivity contribution in [2.24, 2.45) is 11.8 Å². The summed E-state index contributed by atoms with van der Waals surface area (Å²) in [6.07, 6.45) is 2.61. The van der Waals surface area contributed by atoms with Crippen molar-refractivity contribution in [2.75, 3.05) is 37.7 Å². The second kappa shape index (κ2) is 15.6. The van der Waals surface area contributed by atoms with E-state index in [9.17, 15) is 9.59 Å². The second-order valence-electron chi connectivity index (χ2n) is 15.9. The first-order chi connectivity index (χ1) is 26.7. The topological polar surface area (TPSA) is 94.7 Å². The number of fused-ring (bicyclic) bond motifs is 2. The molecule has 0 saturated carbocycles. The van der Waals surface area contributed by atoms with Gasteiger partial charge in [-0.05, 0) is 82.2 Å². The Morgan fingerprint density at radius 1 is 0.727 bits per heavy atom. The zero-order chi connectivity index (χ0) is 37.9. The van der Waals surface area contributed by atoms with E-state index >= 15 is 0 Å². The average molecular weight is 739 g/mol. The largest absolute Gasteiger partial charge is 0.463 e. The molecule has 10 nitrogen and oxygen atoms in total. The van der Waals surface area contributed by atoms with E-state index in [-0.39, 0.29) is 36.5 Å². The molecule has 10 heteroatoms. The highest BCUT2D eigenvalue weighted by Gasteiger charge is 2.36. The molecule has 1 amide bonds. The van der Waals surface area contributed by atoms with Crippen LogP contribution >= 0.6 is 0 Å². The maximum Gasteiger partial charge on any atom is 0.410 e. The number of ether oxygens (including phenoxy) is 2. The molecule has 1 atom stereocenters. The summed E-state index contributed by atoms with van der Waals surface area (Å²) in [6, 6.07) is 37.0. The van der Waals surface area contributed by atoms with Crippen molar-refractivity contribution < 1.29 is 19.1 Å². The van der Waals surface area contributed by atoms with Crippen molar-refractivity contribution in [3.8, 4) is 11.4 Å². The fourth-order valence-corrected chi connectivity index (χ4v) is 8.21. The number of hydrogen-bond donors (Lipinski definition) is 0. The molecule has 1 unspecified atom stereocenters. The average Bonchev–Trinajstić information content (AvgIpc) is 3.77. The van der Waals surface area contributed by atoms with Gasteiger partial charge in [-0.3, -0.25) is 4.79 Å². The second-order valence-corrected chi connectivity index (χ2v) is 15.9. The Bertz CT molecular complexity index is 2240. The molecule has 2 aliphatic rings. The van der Waals surface area contributed by atoms with Crippen LogP contribution in [0.25, 0.3) is 33.5 Å². The van der Waals surface area contributed by atoms with Gasteiger partial charge in [0.25, 0.3) is 0 Å². The lowest BCUT2D eigenvalue weighted by molar-refractivity contribution is -0.151. The number of anilines is 1. The summed E-state index contributed by atoms with van der Waals surface area (Å²) in [5.74, 6) is 1.58. The first-order valence-electron chi connectivity index (χ1n) is 19.6. The molecule has 284 valence electrons. The molecule has 0 aliphatic carbocycles. The zero-order valence-corrected chi connectivity index (χ0v) is 32.0. The van der Waals surface area contributed by atoms with Crippen LogP contribution in [-0.2, 0) is 20.8 Å². The van der Waals surface area contributed by atoms with Gasteiger partial charge in [-0.1, -0.05) is 84.9 Å². The fourth-order valence-electron chi connectivity index (χ4n) is 8.21. The van der Waals surface area contributed by atoms with Crippen LogP contribution in [-0.4, -0.2) is 74.5 Å². The summed E-state index contributed by atoms with van der Waals surface area (Å²) in [4.78, 5) is 41.3. The number of likely N-dealkylation sites (tertiary alicyclic amines) is 1. The predicted molar refractivity (Wildman–Crippen MR) is 216 cm³/mol. The molecular weight excluding hydrogens is 689 g/mol. The molecule has 4 aromatic carbocycles. The van der Waals surface area contributed by atoms with Crippen LogP contribution in [0.5, 0.6) is 0 Å². The molecule has 55 heavy (non-hydrogen) atoms. The van der Waals surface area contributed by atoms with E-state index in [1.807, 2.05) is 69.3 Å². The Morgan fingerprint density at radius 2 is 1.33 bits per heavy atom. The summed E-state index contributed by atoms with van der Waals surface area (Å²) in [6.45, 7) is 9.21. The van der Waals surface area contributed by atoms with Crippen molar-refractivity contribution in [1.29, 1.82) is 0 Å². The molecule has 2 aromatic heterocycles. The first kappa shape index (κ1) is 36.3. The molecule has 8 rings (SSSR count). The molecule has 2 aliphatic heterocycles. The van der Waals surface area contributed by atoms with Crippen LogP contribution in [0.1, 0.15) is 58.1 Å². The van der Waals surface area contributed by atoms with Crippen LogP contribution in [0, 0.1) is 11.8 Å². The van der Waals surface area contributed by atoms with Crippen LogP contribution < -0.4 is 4.90 Å². The van der Waals surface area contributed by atoms with E-state index in [2.05, 4.69) is 74.7 Å². The van der Waals surface area contributed by atoms with E-state index in [4.69, 9.17) is 19.4 Å². The van der Waals surface area contributed by atoms with E-state index in [0.29, 0.717) is 25.9 Å². The molecule has 6 aromatic rings. The predicted octanol–water partition coefficient (Wildman–Crippen LogP) is 8.75. The van der Waals surface area contributed by atoms with Crippen LogP contribution in [0.4, 0.5) is 10.7 Å². The van der Waals surface area contributed by atoms with Gasteiger partial charge in [0.15, 0.2) is 0 Å². The number of carbonyl (C=O) groups excluding carboxylic acids is 2. The van der Waals surface area contributed by atoms with Gasteiger partial charge in [-0.2, -0.15) is 0 Å². The Kier molecular flexibility index (Phi) is 10.3. The molecule has 2 saturated heterocycles. The van der Waals surface area contributed by atoms with Gasteiger partial charge >= 0.3 is 12.1 Å². The number of hydrogen-bond acceptors (Lipinski definition) is 7. The fraction of sp³-hybridized carbons (Fsp3) is 0.378. The van der Waals surface area contributed by atoms with Crippen molar-refractivity contribution in [3.05, 3.63) is 115 Å². The zero-order valence-electron chi connectivity index (χ0n) is 32.0. The lowest BCUT2D eigenvalue weighted by atomic mass is 9.89. The third kappa shape index (κ3) is 7.95. The Labute approximate surface area is 322 Å². The molecule has 4 heterocycles. The number of benzene rings is 4. The Hall–Kier alpha value is -5.64. The Morgan fingerprint density at radius 3 is 2.00 bits per heavy atom. The summed E-state index contributed by atoms with van der Waals surface area (Å²) < 4.78 is 16.6. The van der Waals surface area contributed by atoms with Gasteiger partial charge in [0.1, 0.15) is 18.0 Å². The van der Waals surface area contributed by atoms with Crippen LogP contribution in [0.2, 0.25) is 0 Å². The SMILES string of the molecule is CC(C)(C)OC(=O)N1CCC(C(COC(=O)C2CCN(c3nc4ccccc4n3Cc3ccccc3)CC2)n2c(-c3ccccc3)nc3ccccc32)CC1. The van der Waals surface area contributed by atoms with Gasteiger partial charge in [0, 0.05) is 31.7 Å². The van der Waals surface area contributed by atoms with Gasteiger partial charge in [0.2, 0.25) is 5.95 Å². The monoisotopic (exact) mass is 738 g/mol. The van der Waals surface area contributed by atoms with Gasteiger partial charge in [0.05, 0.1) is 40.6 Å². The van der Waals surface area contributed by atoms with Gasteiger partial charge in [-0.15, -0.1) is 0 Å². The quantitative estimate of drug-likeness (QED) is 0.137. The highest BCUT2D eigenvalue weighted by Crippen LogP contribution is 2.37. The number of amides is 1. The molecule has 2 fully saturated rings. The van der Waals surface area contributed by atoms with E-state index < -0.39 is 5.60 Å². The summed E-state index contributed by atoms with van der Waals surface area (Å²) in [7, 11) is 0. The van der Waals surface area contributed by atoms with Crippen molar-refractivity contribution in [1.82, 2.24) is 24.0 Å². The molecule has 0 N–H and O–H groups in total. The number of piperidine rings is 2. The van der Waals surface area contributed by atoms with Crippen molar-refractivity contribution >= 4 is 40.1 Å². The number of aromatic nitrogens is 4. The minimum atomic E-state index is -0.557. The highest BCUT2D eigenvalue weighted by atomic mass is 16.6. The molecule has 0 spiro atoms. The number of rotatable bonds is 9. The number of nitrogens with zero attached hydrogens (tertiary/aromatic N) is 6. The number of esters is 1. The van der Waals surface area contributed by atoms with Gasteiger partial charge < -0.3 is 28.4 Å². The van der Waals surface area contributed by atoms with E-state index in [1.54, 1.807) is 4.90 Å². The number of imidazole rings is 2. The lowest BCUT2D eigenvalue weighted by Crippen LogP contribution is -2.44. The van der Waals surface area contributed by atoms with E-state index in [1.165, 1.54) is 5.56 Å². The maximum absolute atomic E-state index is 14.0. The normalized spacial score (nSPS) is 16.4. The third-order valence-electron chi connectivity index (χ3n) is 11.0. The Balaban J connectivity index is 1.01. The minimum Gasteiger partial charge on any atom is -0.463 e. The highest BCUT2D eigenvalue weighted by molar-refractivity contribution is 5.81.